The Morgan fingerprint density at radius 1 is 1.28 bits per heavy atom. The summed E-state index contributed by atoms with van der Waals surface area (Å²) in [5.74, 6) is -0.435. The van der Waals surface area contributed by atoms with Gasteiger partial charge in [-0.25, -0.2) is 4.79 Å². The van der Waals surface area contributed by atoms with Gasteiger partial charge in [-0.05, 0) is 48.7 Å². The van der Waals surface area contributed by atoms with Gasteiger partial charge in [-0.15, -0.1) is 0 Å². The van der Waals surface area contributed by atoms with E-state index in [2.05, 4.69) is 10.2 Å². The Morgan fingerprint density at radius 2 is 2.16 bits per heavy atom. The van der Waals surface area contributed by atoms with Gasteiger partial charge in [0.05, 0.1) is 16.9 Å². The fourth-order valence-electron chi connectivity index (χ4n) is 3.42. The van der Waals surface area contributed by atoms with Crippen molar-refractivity contribution in [3.63, 3.8) is 0 Å². The topological polar surface area (TPSA) is 58.6 Å². The van der Waals surface area contributed by atoms with E-state index < -0.39 is 5.97 Å². The first-order valence-corrected chi connectivity index (χ1v) is 8.63. The zero-order valence-electron chi connectivity index (χ0n) is 13.5. The lowest BCUT2D eigenvalue weighted by Gasteiger charge is -2.33. The first-order chi connectivity index (χ1) is 12.1. The third kappa shape index (κ3) is 3.07. The highest BCUT2D eigenvalue weighted by molar-refractivity contribution is 6.30. The summed E-state index contributed by atoms with van der Waals surface area (Å²) in [6, 6.07) is 12.4. The number of hydrogen-bond acceptors (Lipinski definition) is 4. The molecule has 0 spiro atoms. The number of rotatable bonds is 3. The van der Waals surface area contributed by atoms with Gasteiger partial charge in [0.2, 0.25) is 5.91 Å². The van der Waals surface area contributed by atoms with Gasteiger partial charge in [0.15, 0.2) is 0 Å². The van der Waals surface area contributed by atoms with Crippen LogP contribution in [0.15, 0.2) is 42.5 Å². The quantitative estimate of drug-likeness (QED) is 0.853. The van der Waals surface area contributed by atoms with Gasteiger partial charge < -0.3 is 15.0 Å². The maximum atomic E-state index is 12.3. The second kappa shape index (κ2) is 6.41. The Bertz CT molecular complexity index is 852. The molecule has 4 rings (SSSR count). The molecule has 2 aliphatic rings. The van der Waals surface area contributed by atoms with Crippen LogP contribution in [-0.4, -0.2) is 24.5 Å². The SMILES string of the molecule is O=C(OCc1cccc(Cl)c1)c1ccc2c(c1)NC(=O)[C@@H]1CCCN21. The van der Waals surface area contributed by atoms with Crippen LogP contribution >= 0.6 is 11.6 Å². The minimum atomic E-state index is -0.430. The van der Waals surface area contributed by atoms with Crippen molar-refractivity contribution in [1.82, 2.24) is 0 Å². The summed E-state index contributed by atoms with van der Waals surface area (Å²) in [4.78, 5) is 26.6. The number of hydrogen-bond donors (Lipinski definition) is 1. The summed E-state index contributed by atoms with van der Waals surface area (Å²) in [6.07, 6.45) is 1.87. The first kappa shape index (κ1) is 16.0. The number of fused-ring (bicyclic) bond motifs is 3. The predicted molar refractivity (Wildman–Crippen MR) is 96.0 cm³/mol. The summed E-state index contributed by atoms with van der Waals surface area (Å²) >= 11 is 5.93. The van der Waals surface area contributed by atoms with Crippen molar-refractivity contribution in [2.75, 3.05) is 16.8 Å². The molecule has 1 fully saturated rings. The summed E-state index contributed by atoms with van der Waals surface area (Å²) < 4.78 is 5.35. The van der Waals surface area contributed by atoms with E-state index in [1.165, 1.54) is 0 Å². The van der Waals surface area contributed by atoms with Gasteiger partial charge in [-0.3, -0.25) is 4.79 Å². The van der Waals surface area contributed by atoms with Crippen LogP contribution in [0.1, 0.15) is 28.8 Å². The average Bonchev–Trinajstić information content (AvgIpc) is 3.10. The highest BCUT2D eigenvalue weighted by Crippen LogP contribution is 2.37. The molecular weight excluding hydrogens is 340 g/mol. The fraction of sp³-hybridized carbons (Fsp3) is 0.263. The zero-order chi connectivity index (χ0) is 17.4. The third-order valence-electron chi connectivity index (χ3n) is 4.61. The van der Waals surface area contributed by atoms with Crippen molar-refractivity contribution >= 4 is 34.9 Å². The maximum Gasteiger partial charge on any atom is 0.338 e. The smallest absolute Gasteiger partial charge is 0.338 e. The highest BCUT2D eigenvalue weighted by Gasteiger charge is 2.36. The van der Waals surface area contributed by atoms with E-state index in [4.69, 9.17) is 16.3 Å². The molecule has 5 nitrogen and oxygen atoms in total. The second-order valence-electron chi connectivity index (χ2n) is 6.28. The van der Waals surface area contributed by atoms with Crippen LogP contribution in [0.5, 0.6) is 0 Å². The summed E-state index contributed by atoms with van der Waals surface area (Å²) in [6.45, 7) is 1.01. The van der Waals surface area contributed by atoms with Crippen molar-refractivity contribution in [2.24, 2.45) is 0 Å². The Labute approximate surface area is 150 Å². The fourth-order valence-corrected chi connectivity index (χ4v) is 3.63. The molecule has 2 heterocycles. The Hall–Kier alpha value is -2.53. The molecule has 1 saturated heterocycles. The van der Waals surface area contributed by atoms with Crippen molar-refractivity contribution in [3.05, 3.63) is 58.6 Å². The molecule has 0 unspecified atom stereocenters. The molecule has 2 aromatic carbocycles. The average molecular weight is 357 g/mol. The van der Waals surface area contributed by atoms with Gasteiger partial charge in [0.25, 0.3) is 0 Å². The van der Waals surface area contributed by atoms with Crippen LogP contribution in [0.4, 0.5) is 11.4 Å². The standard InChI is InChI=1S/C19H17ClN2O3/c20-14-4-1-3-12(9-14)11-25-19(24)13-6-7-16-15(10-13)21-18(23)17-5-2-8-22(16)17/h1,3-4,6-7,9-10,17H,2,5,8,11H2,(H,21,23)/t17-/m0/s1. The Morgan fingerprint density at radius 3 is 3.00 bits per heavy atom. The Kier molecular flexibility index (Phi) is 4.09. The highest BCUT2D eigenvalue weighted by atomic mass is 35.5. The second-order valence-corrected chi connectivity index (χ2v) is 6.72. The predicted octanol–water partition coefficient (Wildman–Crippen LogP) is 3.62. The number of halogens is 1. The first-order valence-electron chi connectivity index (χ1n) is 8.25. The molecule has 2 aliphatic heterocycles. The number of esters is 1. The molecule has 0 aliphatic carbocycles. The van der Waals surface area contributed by atoms with Gasteiger partial charge in [0.1, 0.15) is 12.6 Å². The van der Waals surface area contributed by atoms with E-state index in [1.54, 1.807) is 24.3 Å². The summed E-state index contributed by atoms with van der Waals surface area (Å²) in [7, 11) is 0. The van der Waals surface area contributed by atoms with Gasteiger partial charge in [0, 0.05) is 11.6 Å². The molecule has 1 N–H and O–H groups in total. The molecule has 128 valence electrons. The molecule has 0 bridgehead atoms. The lowest BCUT2D eigenvalue weighted by molar-refractivity contribution is -0.117. The molecular formula is C19H17ClN2O3. The van der Waals surface area contributed by atoms with E-state index in [-0.39, 0.29) is 18.6 Å². The largest absolute Gasteiger partial charge is 0.457 e. The molecule has 0 saturated carbocycles. The molecule has 1 amide bonds. The van der Waals surface area contributed by atoms with Gasteiger partial charge in [-0.1, -0.05) is 23.7 Å². The van der Waals surface area contributed by atoms with Crippen LogP contribution in [0, 0.1) is 0 Å². The lowest BCUT2D eigenvalue weighted by Crippen LogP contribution is -2.43. The molecule has 1 atom stereocenters. The van der Waals surface area contributed by atoms with Gasteiger partial charge in [-0.2, -0.15) is 0 Å². The van der Waals surface area contributed by atoms with Crippen LogP contribution in [0.2, 0.25) is 5.02 Å². The Balaban J connectivity index is 1.51. The minimum Gasteiger partial charge on any atom is -0.457 e. The molecule has 6 heteroatoms. The normalized spacial score (nSPS) is 18.4. The summed E-state index contributed by atoms with van der Waals surface area (Å²) in [5.41, 5.74) is 2.87. The van der Waals surface area contributed by atoms with E-state index >= 15 is 0 Å². The zero-order valence-corrected chi connectivity index (χ0v) is 14.3. The molecule has 2 aromatic rings. The van der Waals surface area contributed by atoms with Crippen LogP contribution in [0.3, 0.4) is 0 Å². The monoisotopic (exact) mass is 356 g/mol. The molecule has 0 aromatic heterocycles. The lowest BCUT2D eigenvalue weighted by atomic mass is 10.1. The van der Waals surface area contributed by atoms with Crippen molar-refractivity contribution in [2.45, 2.75) is 25.5 Å². The number of ether oxygens (including phenoxy) is 1. The van der Waals surface area contributed by atoms with Crippen LogP contribution in [0.25, 0.3) is 0 Å². The number of anilines is 2. The van der Waals surface area contributed by atoms with E-state index in [0.717, 1.165) is 30.6 Å². The van der Waals surface area contributed by atoms with Crippen molar-refractivity contribution < 1.29 is 14.3 Å². The van der Waals surface area contributed by atoms with E-state index in [0.29, 0.717) is 16.3 Å². The molecule has 0 radical (unpaired) electrons. The summed E-state index contributed by atoms with van der Waals surface area (Å²) in [5, 5.41) is 3.50. The minimum absolute atomic E-state index is 0.00514. The number of carbonyl (C=O) groups excluding carboxylic acids is 2. The number of benzene rings is 2. The number of amides is 1. The van der Waals surface area contributed by atoms with Crippen molar-refractivity contribution in [3.8, 4) is 0 Å². The van der Waals surface area contributed by atoms with E-state index in [1.807, 2.05) is 18.2 Å². The third-order valence-corrected chi connectivity index (χ3v) is 4.85. The maximum absolute atomic E-state index is 12.3. The van der Waals surface area contributed by atoms with Crippen LogP contribution < -0.4 is 10.2 Å². The molecule has 25 heavy (non-hydrogen) atoms. The van der Waals surface area contributed by atoms with Crippen LogP contribution in [-0.2, 0) is 16.1 Å². The number of nitrogens with one attached hydrogen (secondary N) is 1. The number of carbonyl (C=O) groups is 2. The number of nitrogens with zero attached hydrogens (tertiary/aromatic N) is 1. The van der Waals surface area contributed by atoms with E-state index in [9.17, 15) is 9.59 Å². The van der Waals surface area contributed by atoms with Crippen molar-refractivity contribution in [1.29, 1.82) is 0 Å². The van der Waals surface area contributed by atoms with Gasteiger partial charge >= 0.3 is 5.97 Å².